The maximum atomic E-state index is 13.9. The fourth-order valence-electron chi connectivity index (χ4n) is 3.83. The van der Waals surface area contributed by atoms with E-state index in [1.54, 1.807) is 67.6 Å². The summed E-state index contributed by atoms with van der Waals surface area (Å²) < 4.78 is 29.5. The second kappa shape index (κ2) is 13.5. The molecule has 2 amide bonds. The molecule has 3 aromatic carbocycles. The molecule has 3 aromatic rings. The normalized spacial score (nSPS) is 12.9. The number of sulfonamides is 1. The fourth-order valence-corrected chi connectivity index (χ4v) is 5.71. The van der Waals surface area contributed by atoms with Gasteiger partial charge in [0.25, 0.3) is 10.0 Å². The summed E-state index contributed by atoms with van der Waals surface area (Å²) in [7, 11) is -4.12. The Morgan fingerprint density at radius 1 is 0.974 bits per heavy atom. The zero-order chi connectivity index (χ0) is 28.7. The molecule has 0 saturated carbocycles. The number of carbonyl (C=O) groups is 2. The molecule has 0 spiro atoms. The summed E-state index contributed by atoms with van der Waals surface area (Å²) in [5.41, 5.74) is 1.88. The molecule has 3 rings (SSSR count). The van der Waals surface area contributed by atoms with Crippen LogP contribution in [0.15, 0.2) is 82.2 Å². The smallest absolute Gasteiger partial charge is 0.264 e. The van der Waals surface area contributed by atoms with Gasteiger partial charge >= 0.3 is 0 Å². The molecular formula is C29H33BrClN3O4S. The Hall–Kier alpha value is -2.88. The van der Waals surface area contributed by atoms with Crippen molar-refractivity contribution in [3.63, 3.8) is 0 Å². The summed E-state index contributed by atoms with van der Waals surface area (Å²) >= 11 is 9.77. The number of carbonyl (C=O) groups excluding carboxylic acids is 2. The molecule has 7 nitrogen and oxygen atoms in total. The summed E-state index contributed by atoms with van der Waals surface area (Å²) in [5, 5.41) is 3.36. The first-order valence-electron chi connectivity index (χ1n) is 12.6. The van der Waals surface area contributed by atoms with Crippen LogP contribution in [0.3, 0.4) is 0 Å². The van der Waals surface area contributed by atoms with Crippen LogP contribution in [0.1, 0.15) is 38.3 Å². The Kier molecular flexibility index (Phi) is 10.6. The van der Waals surface area contributed by atoms with Crippen molar-refractivity contribution in [2.45, 2.75) is 57.6 Å². The first-order chi connectivity index (χ1) is 18.4. The van der Waals surface area contributed by atoms with Crippen molar-refractivity contribution >= 4 is 55.1 Å². The van der Waals surface area contributed by atoms with Gasteiger partial charge in [0.15, 0.2) is 0 Å². The Morgan fingerprint density at radius 3 is 2.18 bits per heavy atom. The van der Waals surface area contributed by atoms with Crippen molar-refractivity contribution in [3.8, 4) is 0 Å². The van der Waals surface area contributed by atoms with E-state index in [1.807, 2.05) is 20.8 Å². The number of halogens is 2. The molecule has 208 valence electrons. The van der Waals surface area contributed by atoms with E-state index in [-0.39, 0.29) is 23.4 Å². The molecule has 2 atom stereocenters. The highest BCUT2D eigenvalue weighted by molar-refractivity contribution is 9.10. The van der Waals surface area contributed by atoms with Crippen LogP contribution in [0.4, 0.5) is 5.69 Å². The molecule has 0 radical (unpaired) electrons. The monoisotopic (exact) mass is 633 g/mol. The van der Waals surface area contributed by atoms with E-state index in [9.17, 15) is 18.0 Å². The average molecular weight is 635 g/mol. The predicted octanol–water partition coefficient (Wildman–Crippen LogP) is 5.94. The fraction of sp³-hybridized carbons (Fsp3) is 0.310. The van der Waals surface area contributed by atoms with Gasteiger partial charge in [-0.15, -0.1) is 0 Å². The topological polar surface area (TPSA) is 86.8 Å². The lowest BCUT2D eigenvalue weighted by atomic mass is 10.1. The van der Waals surface area contributed by atoms with Crippen LogP contribution >= 0.6 is 27.5 Å². The number of anilines is 1. The van der Waals surface area contributed by atoms with Crippen molar-refractivity contribution in [3.05, 3.63) is 93.4 Å². The van der Waals surface area contributed by atoms with Gasteiger partial charge in [0.1, 0.15) is 12.6 Å². The van der Waals surface area contributed by atoms with Crippen LogP contribution in [0.2, 0.25) is 5.02 Å². The number of rotatable bonds is 11. The molecular weight excluding hydrogens is 602 g/mol. The second-order valence-electron chi connectivity index (χ2n) is 9.41. The third kappa shape index (κ3) is 7.84. The molecule has 0 aliphatic carbocycles. The third-order valence-electron chi connectivity index (χ3n) is 6.47. The van der Waals surface area contributed by atoms with Crippen LogP contribution in [-0.4, -0.2) is 43.8 Å². The number of aryl methyl sites for hydroxylation is 1. The van der Waals surface area contributed by atoms with Gasteiger partial charge in [0, 0.05) is 22.1 Å². The highest BCUT2D eigenvalue weighted by atomic mass is 79.9. The molecule has 0 fully saturated rings. The van der Waals surface area contributed by atoms with Crippen LogP contribution in [-0.2, 0) is 26.2 Å². The molecule has 2 unspecified atom stereocenters. The highest BCUT2D eigenvalue weighted by Crippen LogP contribution is 2.27. The number of hydrogen-bond donors (Lipinski definition) is 1. The maximum Gasteiger partial charge on any atom is 0.264 e. The van der Waals surface area contributed by atoms with E-state index in [0.717, 1.165) is 20.8 Å². The summed E-state index contributed by atoms with van der Waals surface area (Å²) in [5.74, 6) is -0.873. The first kappa shape index (κ1) is 30.7. The lowest BCUT2D eigenvalue weighted by Crippen LogP contribution is -2.52. The Labute approximate surface area is 244 Å². The van der Waals surface area contributed by atoms with Gasteiger partial charge in [-0.2, -0.15) is 0 Å². The molecule has 10 heteroatoms. The SMILES string of the molecule is CCC(C)NC(=O)C(C)N(Cc1ccccc1Cl)C(=O)CN(c1ccc(Br)cc1)S(=O)(=O)c1ccc(C)cc1. The molecule has 0 aliphatic rings. The zero-order valence-corrected chi connectivity index (χ0v) is 25.6. The van der Waals surface area contributed by atoms with E-state index in [1.165, 1.54) is 17.0 Å². The van der Waals surface area contributed by atoms with Crippen LogP contribution < -0.4 is 9.62 Å². The molecule has 0 bridgehead atoms. The molecule has 0 heterocycles. The zero-order valence-electron chi connectivity index (χ0n) is 22.4. The molecule has 0 saturated heterocycles. The molecule has 0 aliphatic heterocycles. The first-order valence-corrected chi connectivity index (χ1v) is 15.2. The maximum absolute atomic E-state index is 13.9. The minimum Gasteiger partial charge on any atom is -0.352 e. The Bertz CT molecular complexity index is 1400. The summed E-state index contributed by atoms with van der Waals surface area (Å²) in [6.45, 7) is 6.86. The van der Waals surface area contributed by atoms with Gasteiger partial charge in [-0.1, -0.05) is 70.3 Å². The van der Waals surface area contributed by atoms with Gasteiger partial charge in [0.2, 0.25) is 11.8 Å². The van der Waals surface area contributed by atoms with Crippen molar-refractivity contribution < 1.29 is 18.0 Å². The van der Waals surface area contributed by atoms with E-state index < -0.39 is 28.5 Å². The highest BCUT2D eigenvalue weighted by Gasteiger charge is 2.33. The molecule has 0 aromatic heterocycles. The van der Waals surface area contributed by atoms with Crippen molar-refractivity contribution in [1.29, 1.82) is 0 Å². The summed E-state index contributed by atoms with van der Waals surface area (Å²) in [6.07, 6.45) is 0.725. The van der Waals surface area contributed by atoms with Crippen molar-refractivity contribution in [1.82, 2.24) is 10.2 Å². The second-order valence-corrected chi connectivity index (χ2v) is 12.6. The van der Waals surface area contributed by atoms with Crippen LogP contribution in [0, 0.1) is 6.92 Å². The van der Waals surface area contributed by atoms with Gasteiger partial charge in [-0.3, -0.25) is 13.9 Å². The number of hydrogen-bond acceptors (Lipinski definition) is 4. The Balaban J connectivity index is 2.03. The van der Waals surface area contributed by atoms with E-state index in [0.29, 0.717) is 16.3 Å². The quantitative estimate of drug-likeness (QED) is 0.283. The van der Waals surface area contributed by atoms with Gasteiger partial charge in [-0.05, 0) is 75.2 Å². The standard InChI is InChI=1S/C29H33BrClN3O4S/c1-5-21(3)32-29(36)22(4)33(18-23-8-6-7-9-27(23)31)28(35)19-34(25-14-12-24(30)13-15-25)39(37,38)26-16-10-20(2)11-17-26/h6-17,21-22H,5,18-19H2,1-4H3,(H,32,36). The number of nitrogens with one attached hydrogen (secondary N) is 1. The number of nitrogens with zero attached hydrogens (tertiary/aromatic N) is 2. The van der Waals surface area contributed by atoms with Gasteiger partial charge < -0.3 is 10.2 Å². The number of benzene rings is 3. The summed E-state index contributed by atoms with van der Waals surface area (Å²) in [6, 6.07) is 19.2. The van der Waals surface area contributed by atoms with Gasteiger partial charge in [0.05, 0.1) is 10.6 Å². The minimum atomic E-state index is -4.12. The summed E-state index contributed by atoms with van der Waals surface area (Å²) in [4.78, 5) is 28.5. The lowest BCUT2D eigenvalue weighted by molar-refractivity contribution is -0.139. The molecule has 39 heavy (non-hydrogen) atoms. The van der Waals surface area contributed by atoms with E-state index >= 15 is 0 Å². The van der Waals surface area contributed by atoms with Crippen molar-refractivity contribution in [2.24, 2.45) is 0 Å². The third-order valence-corrected chi connectivity index (χ3v) is 9.15. The van der Waals surface area contributed by atoms with E-state index in [4.69, 9.17) is 11.6 Å². The largest absolute Gasteiger partial charge is 0.352 e. The molecule has 1 N–H and O–H groups in total. The van der Waals surface area contributed by atoms with Crippen LogP contribution in [0.25, 0.3) is 0 Å². The van der Waals surface area contributed by atoms with Crippen molar-refractivity contribution in [2.75, 3.05) is 10.8 Å². The van der Waals surface area contributed by atoms with Gasteiger partial charge in [-0.25, -0.2) is 8.42 Å². The van der Waals surface area contributed by atoms with Crippen LogP contribution in [0.5, 0.6) is 0 Å². The minimum absolute atomic E-state index is 0.0341. The predicted molar refractivity (Wildman–Crippen MR) is 159 cm³/mol. The number of amides is 2. The van der Waals surface area contributed by atoms with E-state index in [2.05, 4.69) is 21.2 Å². The average Bonchev–Trinajstić information content (AvgIpc) is 2.91. The lowest BCUT2D eigenvalue weighted by Gasteiger charge is -2.32. The Morgan fingerprint density at radius 2 is 1.59 bits per heavy atom.